The number of hydrogen-bond donors (Lipinski definition) is 3. The molecule has 0 aromatic heterocycles. The molecular formula is C17H25ClN4O2. The van der Waals surface area contributed by atoms with Crippen LogP contribution in [0.3, 0.4) is 0 Å². The summed E-state index contributed by atoms with van der Waals surface area (Å²) in [6.45, 7) is 5.52. The zero-order valence-corrected chi connectivity index (χ0v) is 14.7. The fraction of sp³-hybridized carbons (Fsp3) is 0.588. The zero-order valence-electron chi connectivity index (χ0n) is 13.9. The van der Waals surface area contributed by atoms with Gasteiger partial charge in [0, 0.05) is 43.8 Å². The van der Waals surface area contributed by atoms with Crippen molar-refractivity contribution in [2.45, 2.75) is 31.5 Å². The number of nitrogens with one attached hydrogen (secondary N) is 2. The number of amides is 1. The predicted octanol–water partition coefficient (Wildman–Crippen LogP) is 0.773. The first-order valence-electron chi connectivity index (χ1n) is 8.48. The van der Waals surface area contributed by atoms with Crippen molar-refractivity contribution in [2.75, 3.05) is 32.7 Å². The first-order valence-corrected chi connectivity index (χ1v) is 8.86. The molecule has 2 aliphatic rings. The largest absolute Gasteiger partial charge is 0.392 e. The molecule has 2 heterocycles. The summed E-state index contributed by atoms with van der Waals surface area (Å²) in [5.41, 5.74) is 7.42. The Hall–Kier alpha value is -1.18. The van der Waals surface area contributed by atoms with E-state index < -0.39 is 0 Å². The van der Waals surface area contributed by atoms with Crippen LogP contribution < -0.4 is 10.9 Å². The topological polar surface area (TPSA) is 67.8 Å². The number of aliphatic hydroxyl groups excluding tert-OH is 1. The molecule has 0 aliphatic carbocycles. The second-order valence-electron chi connectivity index (χ2n) is 6.66. The van der Waals surface area contributed by atoms with Gasteiger partial charge in [-0.2, -0.15) is 0 Å². The SMILES string of the molecule is CC(O)CN1CCN(C(=O)C2CC(c3cccc(Cl)c3)NN2)CC1. The number of nitrogens with zero attached hydrogens (tertiary/aromatic N) is 2. The molecule has 7 heteroatoms. The van der Waals surface area contributed by atoms with Gasteiger partial charge in [-0.05, 0) is 31.0 Å². The van der Waals surface area contributed by atoms with Gasteiger partial charge in [0.25, 0.3) is 0 Å². The summed E-state index contributed by atoms with van der Waals surface area (Å²) in [5, 5.41) is 10.2. The summed E-state index contributed by atoms with van der Waals surface area (Å²) in [5.74, 6) is 0.142. The van der Waals surface area contributed by atoms with E-state index in [1.165, 1.54) is 0 Å². The third-order valence-electron chi connectivity index (χ3n) is 4.66. The van der Waals surface area contributed by atoms with Gasteiger partial charge in [-0.1, -0.05) is 23.7 Å². The van der Waals surface area contributed by atoms with Gasteiger partial charge in [0.15, 0.2) is 0 Å². The van der Waals surface area contributed by atoms with Crippen molar-refractivity contribution < 1.29 is 9.90 Å². The molecule has 1 aromatic rings. The molecule has 132 valence electrons. The minimum Gasteiger partial charge on any atom is -0.392 e. The number of hydrogen-bond acceptors (Lipinski definition) is 5. The second-order valence-corrected chi connectivity index (χ2v) is 7.10. The number of rotatable bonds is 4. The van der Waals surface area contributed by atoms with Crippen LogP contribution in [0.15, 0.2) is 24.3 Å². The number of β-amino-alcohol motifs (C(OH)–C–C–N with tert-alkyl or cyclic N) is 1. The van der Waals surface area contributed by atoms with Crippen molar-refractivity contribution >= 4 is 17.5 Å². The van der Waals surface area contributed by atoms with Crippen molar-refractivity contribution in [3.8, 4) is 0 Å². The van der Waals surface area contributed by atoms with E-state index >= 15 is 0 Å². The molecule has 0 spiro atoms. The Labute approximate surface area is 147 Å². The molecule has 6 nitrogen and oxygen atoms in total. The van der Waals surface area contributed by atoms with Gasteiger partial charge in [0.05, 0.1) is 6.10 Å². The first kappa shape index (κ1) is 17.6. The lowest BCUT2D eigenvalue weighted by molar-refractivity contribution is -0.135. The van der Waals surface area contributed by atoms with Crippen molar-refractivity contribution in [2.24, 2.45) is 0 Å². The number of carbonyl (C=O) groups is 1. The zero-order chi connectivity index (χ0) is 17.1. The molecule has 1 aromatic carbocycles. The molecule has 2 saturated heterocycles. The second kappa shape index (κ2) is 7.80. The Kier molecular flexibility index (Phi) is 5.73. The van der Waals surface area contributed by atoms with E-state index in [1.807, 2.05) is 29.2 Å². The van der Waals surface area contributed by atoms with Crippen LogP contribution in [0.25, 0.3) is 0 Å². The highest BCUT2D eigenvalue weighted by Crippen LogP contribution is 2.25. The van der Waals surface area contributed by atoms with Crippen LogP contribution in [0.2, 0.25) is 5.02 Å². The van der Waals surface area contributed by atoms with Gasteiger partial charge in [-0.3, -0.25) is 9.69 Å². The molecule has 0 saturated carbocycles. The number of halogens is 1. The molecule has 3 rings (SSSR count). The number of piperazine rings is 1. The normalized spacial score (nSPS) is 26.5. The number of benzene rings is 1. The minimum atomic E-state index is -0.327. The Balaban J connectivity index is 1.52. The van der Waals surface area contributed by atoms with Gasteiger partial charge >= 0.3 is 0 Å². The van der Waals surface area contributed by atoms with E-state index in [2.05, 4.69) is 15.8 Å². The van der Waals surface area contributed by atoms with Gasteiger partial charge in [0.2, 0.25) is 5.91 Å². The highest BCUT2D eigenvalue weighted by molar-refractivity contribution is 6.30. The fourth-order valence-corrected chi connectivity index (χ4v) is 3.60. The fourth-order valence-electron chi connectivity index (χ4n) is 3.40. The molecule has 24 heavy (non-hydrogen) atoms. The molecular weight excluding hydrogens is 328 g/mol. The lowest BCUT2D eigenvalue weighted by Gasteiger charge is -2.36. The van der Waals surface area contributed by atoms with Crippen molar-refractivity contribution in [1.29, 1.82) is 0 Å². The molecule has 0 bridgehead atoms. The van der Waals surface area contributed by atoms with E-state index in [4.69, 9.17) is 11.6 Å². The number of hydrazine groups is 1. The van der Waals surface area contributed by atoms with Crippen molar-refractivity contribution in [3.05, 3.63) is 34.9 Å². The Morgan fingerprint density at radius 1 is 1.33 bits per heavy atom. The predicted molar refractivity (Wildman–Crippen MR) is 93.6 cm³/mol. The molecule has 2 aliphatic heterocycles. The van der Waals surface area contributed by atoms with E-state index in [1.54, 1.807) is 6.92 Å². The van der Waals surface area contributed by atoms with Gasteiger partial charge in [0.1, 0.15) is 6.04 Å². The highest BCUT2D eigenvalue weighted by atomic mass is 35.5. The smallest absolute Gasteiger partial charge is 0.241 e. The van der Waals surface area contributed by atoms with Crippen molar-refractivity contribution in [1.82, 2.24) is 20.7 Å². The summed E-state index contributed by atoms with van der Waals surface area (Å²) in [4.78, 5) is 16.8. The Morgan fingerprint density at radius 2 is 2.08 bits per heavy atom. The van der Waals surface area contributed by atoms with Gasteiger partial charge < -0.3 is 10.0 Å². The Morgan fingerprint density at radius 3 is 2.75 bits per heavy atom. The molecule has 3 unspecified atom stereocenters. The maximum Gasteiger partial charge on any atom is 0.241 e. The minimum absolute atomic E-state index is 0.0918. The van der Waals surface area contributed by atoms with Gasteiger partial charge in [-0.25, -0.2) is 10.9 Å². The highest BCUT2D eigenvalue weighted by Gasteiger charge is 2.34. The van der Waals surface area contributed by atoms with Gasteiger partial charge in [-0.15, -0.1) is 0 Å². The molecule has 3 N–H and O–H groups in total. The third kappa shape index (κ3) is 4.26. The third-order valence-corrected chi connectivity index (χ3v) is 4.89. The monoisotopic (exact) mass is 352 g/mol. The van der Waals surface area contributed by atoms with Crippen molar-refractivity contribution in [3.63, 3.8) is 0 Å². The average Bonchev–Trinajstić information content (AvgIpc) is 3.04. The van der Waals surface area contributed by atoms with Crippen LogP contribution in [-0.4, -0.2) is 65.7 Å². The molecule has 1 amide bonds. The van der Waals surface area contributed by atoms with Crippen LogP contribution in [0.1, 0.15) is 24.9 Å². The number of carbonyl (C=O) groups excluding carboxylic acids is 1. The summed E-state index contributed by atoms with van der Waals surface area (Å²) in [6, 6.07) is 7.61. The summed E-state index contributed by atoms with van der Waals surface area (Å²) in [7, 11) is 0. The first-order chi connectivity index (χ1) is 11.5. The standard InChI is InChI=1S/C17H25ClN4O2/c1-12(23)11-21-5-7-22(8-6-21)17(24)16-10-15(19-20-16)13-3-2-4-14(18)9-13/h2-4,9,12,15-16,19-20,23H,5-8,10-11H2,1H3. The number of aliphatic hydroxyl groups is 1. The van der Waals surface area contributed by atoms with E-state index in [-0.39, 0.29) is 24.1 Å². The maximum atomic E-state index is 12.7. The lowest BCUT2D eigenvalue weighted by Crippen LogP contribution is -2.54. The van der Waals surface area contributed by atoms with Crippen LogP contribution in [-0.2, 0) is 4.79 Å². The van der Waals surface area contributed by atoms with E-state index in [9.17, 15) is 9.90 Å². The van der Waals surface area contributed by atoms with Crippen LogP contribution >= 0.6 is 11.6 Å². The van der Waals surface area contributed by atoms with Crippen LogP contribution in [0.4, 0.5) is 0 Å². The molecule has 2 fully saturated rings. The maximum absolute atomic E-state index is 12.7. The summed E-state index contributed by atoms with van der Waals surface area (Å²) >= 11 is 6.05. The van der Waals surface area contributed by atoms with Crippen LogP contribution in [0, 0.1) is 0 Å². The molecule has 3 atom stereocenters. The summed E-state index contributed by atoms with van der Waals surface area (Å²) in [6.07, 6.45) is 0.388. The average molecular weight is 353 g/mol. The molecule has 0 radical (unpaired) electrons. The van der Waals surface area contributed by atoms with Crippen LogP contribution in [0.5, 0.6) is 0 Å². The van der Waals surface area contributed by atoms with E-state index in [0.717, 1.165) is 18.7 Å². The Bertz CT molecular complexity index is 575. The summed E-state index contributed by atoms with van der Waals surface area (Å²) < 4.78 is 0. The van der Waals surface area contributed by atoms with E-state index in [0.29, 0.717) is 31.1 Å². The quantitative estimate of drug-likeness (QED) is 0.747. The lowest BCUT2D eigenvalue weighted by atomic mass is 10.0.